The molecule has 0 saturated carbocycles. The quantitative estimate of drug-likeness (QED) is 0.837. The Morgan fingerprint density at radius 2 is 2.10 bits per heavy atom. The number of rotatable bonds is 4. The van der Waals surface area contributed by atoms with Crippen molar-refractivity contribution in [3.8, 4) is 0 Å². The van der Waals surface area contributed by atoms with E-state index >= 15 is 0 Å². The molecule has 1 saturated heterocycles. The van der Waals surface area contributed by atoms with E-state index in [-0.39, 0.29) is 5.91 Å². The van der Waals surface area contributed by atoms with E-state index in [2.05, 4.69) is 24.5 Å². The molecule has 1 heterocycles. The largest absolute Gasteiger partial charge is 0.360 e. The van der Waals surface area contributed by atoms with Gasteiger partial charge in [0.15, 0.2) is 5.11 Å². The summed E-state index contributed by atoms with van der Waals surface area (Å²) in [5, 5.41) is 6.99. The first kappa shape index (κ1) is 14.8. The molecule has 5 heteroatoms. The van der Waals surface area contributed by atoms with Crippen LogP contribution in [-0.2, 0) is 4.79 Å². The molecular weight excluding hydrogens is 270 g/mol. The number of thiocarbonyl (C=S) groups is 1. The van der Waals surface area contributed by atoms with Crippen molar-refractivity contribution in [2.24, 2.45) is 0 Å². The van der Waals surface area contributed by atoms with E-state index in [4.69, 9.17) is 12.2 Å². The molecule has 0 bridgehead atoms. The molecule has 0 radical (unpaired) electrons. The summed E-state index contributed by atoms with van der Waals surface area (Å²) < 4.78 is 0. The molecule has 20 heavy (non-hydrogen) atoms. The highest BCUT2D eigenvalue weighted by atomic mass is 32.1. The number of amides is 1. The van der Waals surface area contributed by atoms with Crippen LogP contribution in [0.1, 0.15) is 33.1 Å². The molecule has 1 unspecified atom stereocenters. The molecule has 2 rings (SSSR count). The molecule has 108 valence electrons. The van der Waals surface area contributed by atoms with Crippen molar-refractivity contribution in [2.45, 2.75) is 39.2 Å². The van der Waals surface area contributed by atoms with Gasteiger partial charge in [-0.3, -0.25) is 4.79 Å². The molecule has 4 nitrogen and oxygen atoms in total. The fraction of sp³-hybridized carbons (Fsp3) is 0.467. The van der Waals surface area contributed by atoms with Crippen LogP contribution >= 0.6 is 12.2 Å². The lowest BCUT2D eigenvalue weighted by Crippen LogP contribution is -2.35. The van der Waals surface area contributed by atoms with E-state index in [0.717, 1.165) is 30.8 Å². The third kappa shape index (κ3) is 3.70. The van der Waals surface area contributed by atoms with Crippen molar-refractivity contribution in [2.75, 3.05) is 16.8 Å². The average Bonchev–Trinajstić information content (AvgIpc) is 2.85. The summed E-state index contributed by atoms with van der Waals surface area (Å²) in [5.74, 6) is 0.208. The molecular formula is C15H21N3OS. The van der Waals surface area contributed by atoms with Gasteiger partial charge in [-0.05, 0) is 56.2 Å². The Kier molecular flexibility index (Phi) is 4.95. The van der Waals surface area contributed by atoms with E-state index in [9.17, 15) is 4.79 Å². The third-order valence-electron chi connectivity index (χ3n) is 3.50. The standard InChI is InChI=1S/C15H21N3OS/c1-3-11(2)16-15(20)17-12-6-8-13(9-7-12)18-10-4-5-14(18)19/h6-9,11H,3-5,10H2,1-2H3,(H2,16,17,20). The second-order valence-electron chi connectivity index (χ2n) is 5.10. The minimum atomic E-state index is 0.208. The summed E-state index contributed by atoms with van der Waals surface area (Å²) in [7, 11) is 0. The Morgan fingerprint density at radius 1 is 1.40 bits per heavy atom. The van der Waals surface area contributed by atoms with Crippen LogP contribution in [0, 0.1) is 0 Å². The molecule has 0 aliphatic carbocycles. The summed E-state index contributed by atoms with van der Waals surface area (Å²) in [4.78, 5) is 13.5. The van der Waals surface area contributed by atoms with E-state index in [1.165, 1.54) is 0 Å². The van der Waals surface area contributed by atoms with Crippen LogP contribution in [0.15, 0.2) is 24.3 Å². The average molecular weight is 291 g/mol. The Morgan fingerprint density at radius 3 is 2.65 bits per heavy atom. The Labute approximate surface area is 125 Å². The monoisotopic (exact) mass is 291 g/mol. The van der Waals surface area contributed by atoms with E-state index in [0.29, 0.717) is 17.6 Å². The smallest absolute Gasteiger partial charge is 0.227 e. The number of carbonyl (C=O) groups is 1. The zero-order valence-corrected chi connectivity index (χ0v) is 12.8. The second-order valence-corrected chi connectivity index (χ2v) is 5.51. The van der Waals surface area contributed by atoms with Gasteiger partial charge in [-0.25, -0.2) is 0 Å². The molecule has 1 aliphatic rings. The van der Waals surface area contributed by atoms with Gasteiger partial charge in [0.05, 0.1) is 0 Å². The van der Waals surface area contributed by atoms with Crippen LogP contribution in [0.3, 0.4) is 0 Å². The SMILES string of the molecule is CCC(C)NC(=S)Nc1ccc(N2CCCC2=O)cc1. The van der Waals surface area contributed by atoms with Crippen molar-refractivity contribution in [1.82, 2.24) is 5.32 Å². The number of nitrogens with zero attached hydrogens (tertiary/aromatic N) is 1. The highest BCUT2D eigenvalue weighted by Gasteiger charge is 2.21. The van der Waals surface area contributed by atoms with Gasteiger partial charge in [0.2, 0.25) is 5.91 Å². The predicted molar refractivity (Wildman–Crippen MR) is 87.1 cm³/mol. The fourth-order valence-electron chi connectivity index (χ4n) is 2.14. The first-order chi connectivity index (χ1) is 9.60. The highest BCUT2D eigenvalue weighted by molar-refractivity contribution is 7.80. The van der Waals surface area contributed by atoms with Gasteiger partial charge in [0, 0.05) is 30.4 Å². The van der Waals surface area contributed by atoms with Gasteiger partial charge >= 0.3 is 0 Å². The van der Waals surface area contributed by atoms with Crippen molar-refractivity contribution >= 4 is 34.6 Å². The number of hydrogen-bond acceptors (Lipinski definition) is 2. The second kappa shape index (κ2) is 6.70. The maximum Gasteiger partial charge on any atom is 0.227 e. The third-order valence-corrected chi connectivity index (χ3v) is 3.72. The summed E-state index contributed by atoms with van der Waals surface area (Å²) in [6, 6.07) is 8.17. The van der Waals surface area contributed by atoms with Crippen molar-refractivity contribution < 1.29 is 4.79 Å². The van der Waals surface area contributed by atoms with Crippen molar-refractivity contribution in [3.05, 3.63) is 24.3 Å². The van der Waals surface area contributed by atoms with Crippen LogP contribution in [-0.4, -0.2) is 23.6 Å². The van der Waals surface area contributed by atoms with Crippen LogP contribution in [0.2, 0.25) is 0 Å². The van der Waals surface area contributed by atoms with Crippen molar-refractivity contribution in [1.29, 1.82) is 0 Å². The highest BCUT2D eigenvalue weighted by Crippen LogP contribution is 2.22. The van der Waals surface area contributed by atoms with Crippen LogP contribution in [0.5, 0.6) is 0 Å². The van der Waals surface area contributed by atoms with Gasteiger partial charge < -0.3 is 15.5 Å². The number of nitrogens with one attached hydrogen (secondary N) is 2. The lowest BCUT2D eigenvalue weighted by Gasteiger charge is -2.17. The first-order valence-electron chi connectivity index (χ1n) is 7.08. The van der Waals surface area contributed by atoms with Gasteiger partial charge in [-0.1, -0.05) is 6.92 Å². The van der Waals surface area contributed by atoms with E-state index in [1.54, 1.807) is 0 Å². The fourth-order valence-corrected chi connectivity index (χ4v) is 2.46. The van der Waals surface area contributed by atoms with E-state index in [1.807, 2.05) is 29.2 Å². The summed E-state index contributed by atoms with van der Waals surface area (Å²) in [6.45, 7) is 5.03. The summed E-state index contributed by atoms with van der Waals surface area (Å²) in [5.41, 5.74) is 1.89. The van der Waals surface area contributed by atoms with Gasteiger partial charge in [-0.15, -0.1) is 0 Å². The number of anilines is 2. The molecule has 0 aromatic heterocycles. The van der Waals surface area contributed by atoms with Crippen LogP contribution in [0.4, 0.5) is 11.4 Å². The predicted octanol–water partition coefficient (Wildman–Crippen LogP) is 2.90. The normalized spacial score (nSPS) is 16.1. The van der Waals surface area contributed by atoms with Crippen LogP contribution in [0.25, 0.3) is 0 Å². The van der Waals surface area contributed by atoms with Gasteiger partial charge in [0.1, 0.15) is 0 Å². The minimum Gasteiger partial charge on any atom is -0.360 e. The minimum absolute atomic E-state index is 0.208. The Balaban J connectivity index is 1.94. The topological polar surface area (TPSA) is 44.4 Å². The Bertz CT molecular complexity index is 486. The molecule has 2 N–H and O–H groups in total. The molecule has 1 aromatic rings. The summed E-state index contributed by atoms with van der Waals surface area (Å²) in [6.07, 6.45) is 2.63. The summed E-state index contributed by atoms with van der Waals surface area (Å²) >= 11 is 5.25. The number of carbonyl (C=O) groups excluding carboxylic acids is 1. The molecule has 1 amide bonds. The number of benzene rings is 1. The zero-order valence-electron chi connectivity index (χ0n) is 12.0. The lowest BCUT2D eigenvalue weighted by atomic mass is 10.2. The Hall–Kier alpha value is -1.62. The zero-order chi connectivity index (χ0) is 14.5. The number of hydrogen-bond donors (Lipinski definition) is 2. The molecule has 1 aliphatic heterocycles. The van der Waals surface area contributed by atoms with Gasteiger partial charge in [0.25, 0.3) is 0 Å². The van der Waals surface area contributed by atoms with Crippen molar-refractivity contribution in [3.63, 3.8) is 0 Å². The molecule has 1 fully saturated rings. The molecule has 1 aromatic carbocycles. The maximum absolute atomic E-state index is 11.7. The van der Waals surface area contributed by atoms with Crippen LogP contribution < -0.4 is 15.5 Å². The van der Waals surface area contributed by atoms with Gasteiger partial charge in [-0.2, -0.15) is 0 Å². The molecule has 1 atom stereocenters. The van der Waals surface area contributed by atoms with E-state index < -0.39 is 0 Å². The first-order valence-corrected chi connectivity index (χ1v) is 7.49. The maximum atomic E-state index is 11.7. The molecule has 0 spiro atoms. The lowest BCUT2D eigenvalue weighted by molar-refractivity contribution is -0.117.